The fourth-order valence-electron chi connectivity index (χ4n) is 8.29. The summed E-state index contributed by atoms with van der Waals surface area (Å²) in [6, 6.07) is -0.714. The number of nitrogens with one attached hydrogen (secondary N) is 1. The molecule has 0 aliphatic heterocycles. The van der Waals surface area contributed by atoms with Crippen molar-refractivity contribution in [2.45, 2.75) is 296 Å². The summed E-state index contributed by atoms with van der Waals surface area (Å²) in [7, 11) is 0. The van der Waals surface area contributed by atoms with E-state index >= 15 is 0 Å². The highest BCUT2D eigenvalue weighted by atomic mass is 16.5. The molecule has 0 aliphatic rings. The number of rotatable bonds is 50. The molecule has 0 aromatic carbocycles. The minimum absolute atomic E-state index is 0.0531. The van der Waals surface area contributed by atoms with Crippen LogP contribution in [0.5, 0.6) is 0 Å². The van der Waals surface area contributed by atoms with E-state index in [-0.39, 0.29) is 24.9 Å². The number of carbonyl (C=O) groups is 2. The van der Waals surface area contributed by atoms with Gasteiger partial charge in [0.25, 0.3) is 0 Å². The van der Waals surface area contributed by atoms with Crippen LogP contribution >= 0.6 is 0 Å². The summed E-state index contributed by atoms with van der Waals surface area (Å²) in [6.45, 7) is 6.43. The number of aliphatic hydroxyl groups is 2. The van der Waals surface area contributed by atoms with Gasteiger partial charge in [-0.05, 0) is 96.3 Å². The fourth-order valence-corrected chi connectivity index (χ4v) is 8.29. The molecule has 6 nitrogen and oxygen atoms in total. The van der Waals surface area contributed by atoms with Gasteiger partial charge in [0.05, 0.1) is 25.2 Å². The van der Waals surface area contributed by atoms with Crippen LogP contribution < -0.4 is 5.32 Å². The number of carbonyl (C=O) groups excluding carboxylic acids is 2. The molecule has 6 heteroatoms. The van der Waals surface area contributed by atoms with Gasteiger partial charge in [-0.15, -0.1) is 0 Å². The second-order valence-electron chi connectivity index (χ2n) is 19.0. The van der Waals surface area contributed by atoms with Crippen molar-refractivity contribution in [1.29, 1.82) is 0 Å². The third-order valence-corrected chi connectivity index (χ3v) is 12.6. The average Bonchev–Trinajstić information content (AvgIpc) is 3.30. The Morgan fingerprint density at radius 1 is 0.446 bits per heavy atom. The maximum Gasteiger partial charge on any atom is 0.306 e. The largest absolute Gasteiger partial charge is 0.462 e. The average molecular weight is 911 g/mol. The Morgan fingerprint density at radius 2 is 0.785 bits per heavy atom. The lowest BCUT2D eigenvalue weighted by atomic mass is 10.0. The molecule has 65 heavy (non-hydrogen) atoms. The van der Waals surface area contributed by atoms with E-state index in [0.29, 0.717) is 19.3 Å². The van der Waals surface area contributed by atoms with Gasteiger partial charge in [-0.1, -0.05) is 229 Å². The molecule has 0 aromatic rings. The quantitative estimate of drug-likeness (QED) is 0.0321. The monoisotopic (exact) mass is 910 g/mol. The molecule has 0 heterocycles. The maximum atomic E-state index is 13.2. The van der Waals surface area contributed by atoms with Gasteiger partial charge in [-0.2, -0.15) is 0 Å². The fraction of sp³-hybridized carbons (Fsp3) is 0.797. The Kier molecular flexibility index (Phi) is 50.6. The van der Waals surface area contributed by atoms with Crippen molar-refractivity contribution in [2.75, 3.05) is 6.61 Å². The van der Waals surface area contributed by atoms with Crippen molar-refractivity contribution < 1.29 is 24.5 Å². The number of ether oxygens (including phenoxy) is 1. The van der Waals surface area contributed by atoms with Crippen LogP contribution in [0.25, 0.3) is 0 Å². The second-order valence-corrected chi connectivity index (χ2v) is 19.0. The number of unbranched alkanes of at least 4 members (excludes halogenated alkanes) is 28. The molecular formula is C59H107NO5. The summed E-state index contributed by atoms with van der Waals surface area (Å²) in [5.41, 5.74) is 0. The highest BCUT2D eigenvalue weighted by Gasteiger charge is 2.24. The van der Waals surface area contributed by atoms with E-state index in [0.717, 1.165) is 96.3 Å². The zero-order valence-electron chi connectivity index (χ0n) is 43.1. The summed E-state index contributed by atoms with van der Waals surface area (Å²) >= 11 is 0. The van der Waals surface area contributed by atoms with Crippen LogP contribution in [0, 0.1) is 0 Å². The Balaban J connectivity index is 4.50. The number of esters is 1. The Hall–Kier alpha value is -2.44. The van der Waals surface area contributed by atoms with Gasteiger partial charge in [0, 0.05) is 6.42 Å². The summed E-state index contributed by atoms with van der Waals surface area (Å²) in [5.74, 6) is -0.523. The Morgan fingerprint density at radius 3 is 1.23 bits per heavy atom. The molecule has 0 aliphatic carbocycles. The number of amides is 1. The summed E-state index contributed by atoms with van der Waals surface area (Å²) in [6.07, 6.45) is 65.7. The van der Waals surface area contributed by atoms with Crippen molar-refractivity contribution >= 4 is 11.9 Å². The molecule has 3 unspecified atom stereocenters. The molecule has 3 N–H and O–H groups in total. The molecule has 0 spiro atoms. The second kappa shape index (κ2) is 52.5. The van der Waals surface area contributed by atoms with E-state index in [4.69, 9.17) is 4.74 Å². The molecule has 378 valence electrons. The van der Waals surface area contributed by atoms with Crippen LogP contribution in [0.2, 0.25) is 0 Å². The van der Waals surface area contributed by atoms with E-state index in [2.05, 4.69) is 86.8 Å². The first kappa shape index (κ1) is 62.6. The molecule has 0 fully saturated rings. The van der Waals surface area contributed by atoms with Crippen molar-refractivity contribution in [2.24, 2.45) is 0 Å². The van der Waals surface area contributed by atoms with Crippen LogP contribution in [-0.4, -0.2) is 46.9 Å². The lowest BCUT2D eigenvalue weighted by Gasteiger charge is -2.24. The van der Waals surface area contributed by atoms with Crippen LogP contribution in [0.1, 0.15) is 278 Å². The van der Waals surface area contributed by atoms with Gasteiger partial charge in [-0.25, -0.2) is 0 Å². The van der Waals surface area contributed by atoms with Crippen LogP contribution in [0.4, 0.5) is 0 Å². The lowest BCUT2D eigenvalue weighted by Crippen LogP contribution is -2.46. The normalized spacial score (nSPS) is 13.6. The molecule has 0 bridgehead atoms. The first-order valence-corrected chi connectivity index (χ1v) is 28.0. The van der Waals surface area contributed by atoms with Crippen molar-refractivity contribution in [3.63, 3.8) is 0 Å². The van der Waals surface area contributed by atoms with Crippen LogP contribution in [0.15, 0.2) is 60.8 Å². The zero-order chi connectivity index (χ0) is 47.4. The number of allylic oxidation sites excluding steroid dienone is 10. The first-order chi connectivity index (χ1) is 32.0. The third kappa shape index (κ3) is 47.8. The van der Waals surface area contributed by atoms with E-state index in [1.807, 2.05) is 0 Å². The van der Waals surface area contributed by atoms with E-state index in [1.165, 1.54) is 135 Å². The minimum atomic E-state index is -0.799. The first-order valence-electron chi connectivity index (χ1n) is 28.0. The van der Waals surface area contributed by atoms with E-state index in [1.54, 1.807) is 0 Å². The molecule has 3 atom stereocenters. The van der Waals surface area contributed by atoms with Gasteiger partial charge >= 0.3 is 5.97 Å². The predicted octanol–water partition coefficient (Wildman–Crippen LogP) is 17.2. The summed E-state index contributed by atoms with van der Waals surface area (Å²) < 4.78 is 5.91. The SMILES string of the molecule is CCCCC/C=C\C/C=C\C/C=C\C/C=C\CCCCCC(=O)OC(CCCCC/C=C\CCCCC)CC(=O)NC(CO)C(O)CCCCCCCCCCCCCCCCCCC. The van der Waals surface area contributed by atoms with Gasteiger partial charge in [0.15, 0.2) is 0 Å². The molecule has 0 rings (SSSR count). The molecule has 0 saturated carbocycles. The van der Waals surface area contributed by atoms with Gasteiger partial charge in [0.1, 0.15) is 6.10 Å². The van der Waals surface area contributed by atoms with Gasteiger partial charge in [0.2, 0.25) is 5.91 Å². The zero-order valence-corrected chi connectivity index (χ0v) is 43.1. The number of hydrogen-bond donors (Lipinski definition) is 3. The van der Waals surface area contributed by atoms with Crippen molar-refractivity contribution in [3.05, 3.63) is 60.8 Å². The van der Waals surface area contributed by atoms with Crippen molar-refractivity contribution in [1.82, 2.24) is 5.32 Å². The van der Waals surface area contributed by atoms with E-state index in [9.17, 15) is 19.8 Å². The molecule has 0 aromatic heterocycles. The number of aliphatic hydroxyl groups excluding tert-OH is 2. The Bertz CT molecular complexity index is 1160. The van der Waals surface area contributed by atoms with Crippen molar-refractivity contribution in [3.8, 4) is 0 Å². The molecule has 0 radical (unpaired) electrons. The minimum Gasteiger partial charge on any atom is -0.462 e. The van der Waals surface area contributed by atoms with Crippen LogP contribution in [-0.2, 0) is 14.3 Å². The van der Waals surface area contributed by atoms with Gasteiger partial charge in [-0.3, -0.25) is 9.59 Å². The van der Waals surface area contributed by atoms with E-state index < -0.39 is 18.2 Å². The molecule has 0 saturated heterocycles. The maximum absolute atomic E-state index is 13.2. The summed E-state index contributed by atoms with van der Waals surface area (Å²) in [4.78, 5) is 26.2. The third-order valence-electron chi connectivity index (χ3n) is 12.6. The summed E-state index contributed by atoms with van der Waals surface area (Å²) in [5, 5.41) is 23.8. The van der Waals surface area contributed by atoms with Gasteiger partial charge < -0.3 is 20.3 Å². The van der Waals surface area contributed by atoms with Crippen LogP contribution in [0.3, 0.4) is 0 Å². The standard InChI is InChI=1S/C59H107NO5/c1-4-7-10-13-16-19-22-24-26-28-29-31-33-35-37-40-43-46-49-52-59(64)65-55(50-47-44-41-38-21-18-15-12-9-6-3)53-58(63)60-56(54-61)57(62)51-48-45-42-39-36-34-32-30-27-25-23-20-17-14-11-8-5-2/h16,18-19,21,24,26,29,31,35,37,55-57,61-62H,4-15,17,20,22-23,25,27-28,30,32-34,36,38-54H2,1-3H3,(H,60,63)/b19-16-,21-18-,26-24-,31-29-,37-35-. The smallest absolute Gasteiger partial charge is 0.306 e. The predicted molar refractivity (Wildman–Crippen MR) is 282 cm³/mol. The highest BCUT2D eigenvalue weighted by Crippen LogP contribution is 2.18. The topological polar surface area (TPSA) is 95.9 Å². The number of hydrogen-bond acceptors (Lipinski definition) is 5. The lowest BCUT2D eigenvalue weighted by molar-refractivity contribution is -0.151. The molecular weight excluding hydrogens is 803 g/mol. The highest BCUT2D eigenvalue weighted by molar-refractivity contribution is 5.77. The Labute approximate surface area is 403 Å². The molecule has 1 amide bonds.